The highest BCUT2D eigenvalue weighted by atomic mass is 32.2. The Morgan fingerprint density at radius 2 is 1.85 bits per heavy atom. The second-order valence-electron chi connectivity index (χ2n) is 7.83. The van der Waals surface area contributed by atoms with Crippen molar-refractivity contribution in [2.45, 2.75) is 32.3 Å². The zero-order valence-corrected chi connectivity index (χ0v) is 20.3. The van der Waals surface area contributed by atoms with Gasteiger partial charge in [0.1, 0.15) is 16.2 Å². The summed E-state index contributed by atoms with van der Waals surface area (Å²) >= 11 is 1.12. The van der Waals surface area contributed by atoms with Crippen LogP contribution in [0.2, 0.25) is 0 Å². The van der Waals surface area contributed by atoms with E-state index in [9.17, 15) is 14.4 Å². The van der Waals surface area contributed by atoms with E-state index in [0.29, 0.717) is 34.6 Å². The summed E-state index contributed by atoms with van der Waals surface area (Å²) in [4.78, 5) is 47.0. The van der Waals surface area contributed by atoms with Crippen molar-refractivity contribution in [1.29, 1.82) is 0 Å². The molecule has 2 aromatic heterocycles. The van der Waals surface area contributed by atoms with Crippen LogP contribution in [0.15, 0.2) is 32.8 Å². The molecule has 0 fully saturated rings. The maximum atomic E-state index is 12.9. The molecule has 1 aromatic carbocycles. The van der Waals surface area contributed by atoms with Crippen LogP contribution in [0.25, 0.3) is 11.0 Å². The molecule has 10 nitrogen and oxygen atoms in total. The number of nitrogens with zero attached hydrogens (tertiary/aromatic N) is 4. The number of hydrogen-bond donors (Lipinski definition) is 1. The molecule has 3 rings (SSSR count). The van der Waals surface area contributed by atoms with Gasteiger partial charge in [0.05, 0.1) is 20.0 Å². The van der Waals surface area contributed by atoms with Crippen LogP contribution in [0, 0.1) is 12.8 Å². The van der Waals surface area contributed by atoms with Crippen molar-refractivity contribution in [3.8, 4) is 11.5 Å². The molecule has 0 aliphatic rings. The SMILES string of the molecule is COc1ccc(NC(=O)CSc2nc(C)nc3c2c(=O)n(C)c(=O)n3CC(C)C)cc1OC. The molecule has 0 saturated heterocycles. The summed E-state index contributed by atoms with van der Waals surface area (Å²) in [7, 11) is 4.48. The zero-order chi connectivity index (χ0) is 24.3. The Kier molecular flexibility index (Phi) is 7.42. The highest BCUT2D eigenvalue weighted by Gasteiger charge is 2.19. The van der Waals surface area contributed by atoms with Crippen molar-refractivity contribution in [1.82, 2.24) is 19.1 Å². The summed E-state index contributed by atoms with van der Waals surface area (Å²) in [6.45, 7) is 6.05. The standard InChI is InChI=1S/C22H27N5O5S/c1-12(2)10-27-19-18(21(29)26(4)22(27)30)20(24-13(3)23-19)33-11-17(28)25-14-7-8-15(31-5)16(9-14)32-6/h7-9,12H,10-11H2,1-6H3,(H,25,28). The number of thioether (sulfide) groups is 1. The van der Waals surface area contributed by atoms with Gasteiger partial charge in [-0.2, -0.15) is 0 Å². The van der Waals surface area contributed by atoms with Gasteiger partial charge < -0.3 is 14.8 Å². The Bertz CT molecular complexity index is 1320. The molecule has 0 unspecified atom stereocenters. The lowest BCUT2D eigenvalue weighted by Gasteiger charge is -2.15. The number of amides is 1. The minimum Gasteiger partial charge on any atom is -0.493 e. The molecule has 1 N–H and O–H groups in total. The molecular weight excluding hydrogens is 446 g/mol. The van der Waals surface area contributed by atoms with Gasteiger partial charge in [-0.05, 0) is 25.0 Å². The van der Waals surface area contributed by atoms with Crippen LogP contribution < -0.4 is 26.0 Å². The second kappa shape index (κ2) is 10.1. The maximum absolute atomic E-state index is 12.9. The summed E-state index contributed by atoms with van der Waals surface area (Å²) in [5.74, 6) is 1.34. The average molecular weight is 474 g/mol. The molecule has 33 heavy (non-hydrogen) atoms. The van der Waals surface area contributed by atoms with Crippen LogP contribution >= 0.6 is 11.8 Å². The van der Waals surface area contributed by atoms with Crippen molar-refractivity contribution in [2.24, 2.45) is 13.0 Å². The first-order chi connectivity index (χ1) is 15.7. The first-order valence-corrected chi connectivity index (χ1v) is 11.3. The molecule has 0 radical (unpaired) electrons. The quantitative estimate of drug-likeness (QED) is 0.391. The summed E-state index contributed by atoms with van der Waals surface area (Å²) in [6, 6.07) is 5.06. The molecule has 2 heterocycles. The van der Waals surface area contributed by atoms with Crippen LogP contribution in [0.4, 0.5) is 5.69 Å². The lowest BCUT2D eigenvalue weighted by molar-refractivity contribution is -0.113. The molecule has 0 saturated carbocycles. The van der Waals surface area contributed by atoms with Gasteiger partial charge in [0.25, 0.3) is 5.56 Å². The van der Waals surface area contributed by atoms with Gasteiger partial charge >= 0.3 is 5.69 Å². The first-order valence-electron chi connectivity index (χ1n) is 10.3. The second-order valence-corrected chi connectivity index (χ2v) is 8.80. The van der Waals surface area contributed by atoms with Gasteiger partial charge in [-0.1, -0.05) is 25.6 Å². The van der Waals surface area contributed by atoms with Gasteiger partial charge in [-0.3, -0.25) is 18.7 Å². The number of fused-ring (bicyclic) bond motifs is 1. The van der Waals surface area contributed by atoms with E-state index < -0.39 is 11.2 Å². The Morgan fingerprint density at radius 3 is 2.48 bits per heavy atom. The van der Waals surface area contributed by atoms with Crippen molar-refractivity contribution < 1.29 is 14.3 Å². The number of nitrogens with one attached hydrogen (secondary N) is 1. The van der Waals surface area contributed by atoms with Crippen LogP contribution in [0.5, 0.6) is 11.5 Å². The van der Waals surface area contributed by atoms with Gasteiger partial charge in [-0.15, -0.1) is 0 Å². The number of aryl methyl sites for hydroxylation is 1. The molecule has 1 amide bonds. The van der Waals surface area contributed by atoms with Gasteiger partial charge in [0.2, 0.25) is 5.91 Å². The van der Waals surface area contributed by atoms with Crippen molar-refractivity contribution in [3.05, 3.63) is 44.9 Å². The third-order valence-electron chi connectivity index (χ3n) is 4.82. The molecular formula is C22H27N5O5S. The molecule has 0 spiro atoms. The smallest absolute Gasteiger partial charge is 0.332 e. The summed E-state index contributed by atoms with van der Waals surface area (Å²) in [5.41, 5.74) is -0.0880. The van der Waals surface area contributed by atoms with E-state index in [1.54, 1.807) is 25.1 Å². The van der Waals surface area contributed by atoms with E-state index in [1.807, 2.05) is 13.8 Å². The molecule has 0 atom stereocenters. The van der Waals surface area contributed by atoms with Crippen LogP contribution in [-0.4, -0.2) is 45.0 Å². The number of ether oxygens (including phenoxy) is 2. The highest BCUT2D eigenvalue weighted by Crippen LogP contribution is 2.30. The Hall–Kier alpha value is -3.34. The predicted molar refractivity (Wildman–Crippen MR) is 128 cm³/mol. The molecule has 11 heteroatoms. The number of carbonyl (C=O) groups is 1. The summed E-state index contributed by atoms with van der Waals surface area (Å²) in [6.07, 6.45) is 0. The minimum absolute atomic E-state index is 0.00631. The van der Waals surface area contributed by atoms with E-state index in [1.165, 1.54) is 25.8 Å². The third-order valence-corrected chi connectivity index (χ3v) is 5.79. The number of carbonyl (C=O) groups excluding carboxylic acids is 1. The number of aromatic nitrogens is 4. The minimum atomic E-state index is -0.488. The van der Waals surface area contributed by atoms with Crippen molar-refractivity contribution >= 4 is 34.4 Å². The third kappa shape index (κ3) is 5.19. The fraction of sp³-hybridized carbons (Fsp3) is 0.409. The Labute approximate surface area is 195 Å². The van der Waals surface area contributed by atoms with Crippen molar-refractivity contribution in [3.63, 3.8) is 0 Å². The highest BCUT2D eigenvalue weighted by molar-refractivity contribution is 8.00. The van der Waals surface area contributed by atoms with Crippen LogP contribution in [0.3, 0.4) is 0 Å². The molecule has 0 aliphatic carbocycles. The van der Waals surface area contributed by atoms with E-state index in [0.717, 1.165) is 16.3 Å². The molecule has 0 bridgehead atoms. The van der Waals surface area contributed by atoms with E-state index >= 15 is 0 Å². The molecule has 176 valence electrons. The number of anilines is 1. The normalized spacial score (nSPS) is 11.1. The predicted octanol–water partition coefficient (Wildman–Crippen LogP) is 2.20. The molecule has 3 aromatic rings. The monoisotopic (exact) mass is 473 g/mol. The fourth-order valence-corrected chi connectivity index (χ4v) is 4.18. The van der Waals surface area contributed by atoms with E-state index in [-0.39, 0.29) is 28.6 Å². The first kappa shape index (κ1) is 24.3. The van der Waals surface area contributed by atoms with Gasteiger partial charge in [-0.25, -0.2) is 14.8 Å². The van der Waals surface area contributed by atoms with E-state index in [4.69, 9.17) is 9.47 Å². The number of methoxy groups -OCH3 is 2. The largest absolute Gasteiger partial charge is 0.493 e. The van der Waals surface area contributed by atoms with Crippen molar-refractivity contribution in [2.75, 3.05) is 25.3 Å². The fourth-order valence-electron chi connectivity index (χ4n) is 3.32. The zero-order valence-electron chi connectivity index (χ0n) is 19.5. The van der Waals surface area contributed by atoms with Gasteiger partial charge in [0.15, 0.2) is 17.1 Å². The lowest BCUT2D eigenvalue weighted by Crippen LogP contribution is -2.39. The van der Waals surface area contributed by atoms with Crippen LogP contribution in [-0.2, 0) is 18.4 Å². The van der Waals surface area contributed by atoms with Gasteiger partial charge in [0, 0.05) is 25.3 Å². The summed E-state index contributed by atoms with van der Waals surface area (Å²) < 4.78 is 13.0. The van der Waals surface area contributed by atoms with Crippen LogP contribution in [0.1, 0.15) is 19.7 Å². The Morgan fingerprint density at radius 1 is 1.15 bits per heavy atom. The average Bonchev–Trinajstić information content (AvgIpc) is 2.78. The number of benzene rings is 1. The maximum Gasteiger partial charge on any atom is 0.332 e. The molecule has 0 aliphatic heterocycles. The lowest BCUT2D eigenvalue weighted by atomic mass is 10.2. The van der Waals surface area contributed by atoms with E-state index in [2.05, 4.69) is 15.3 Å². The Balaban J connectivity index is 1.92. The topological polar surface area (TPSA) is 117 Å². The number of hydrogen-bond acceptors (Lipinski definition) is 8. The summed E-state index contributed by atoms with van der Waals surface area (Å²) in [5, 5.41) is 3.38. The number of rotatable bonds is 8.